The molecule has 0 aliphatic rings. The van der Waals surface area contributed by atoms with Crippen molar-refractivity contribution in [1.82, 2.24) is 4.98 Å². The topological polar surface area (TPSA) is 42.4 Å². The summed E-state index contributed by atoms with van der Waals surface area (Å²) in [5.74, 6) is 1.11. The van der Waals surface area contributed by atoms with E-state index in [0.29, 0.717) is 16.7 Å². The molecular formula is C15H15BrClNO2. The molecule has 5 heteroatoms. The van der Waals surface area contributed by atoms with Crippen molar-refractivity contribution < 1.29 is 9.84 Å². The maximum Gasteiger partial charge on any atom is 0.219 e. The number of benzene rings is 1. The largest absolute Gasteiger partial charge is 0.438 e. The van der Waals surface area contributed by atoms with Gasteiger partial charge in [0.15, 0.2) is 0 Å². The van der Waals surface area contributed by atoms with Gasteiger partial charge >= 0.3 is 0 Å². The second kappa shape index (κ2) is 7.07. The van der Waals surface area contributed by atoms with E-state index in [2.05, 4.69) is 27.8 Å². The lowest BCUT2D eigenvalue weighted by Crippen LogP contribution is -1.97. The molecule has 1 aromatic heterocycles. The fraction of sp³-hybridized carbons (Fsp3) is 0.267. The van der Waals surface area contributed by atoms with Crippen molar-refractivity contribution in [3.05, 3.63) is 51.1 Å². The fourth-order valence-electron chi connectivity index (χ4n) is 1.82. The number of halogens is 2. The highest BCUT2D eigenvalue weighted by molar-refractivity contribution is 9.10. The minimum Gasteiger partial charge on any atom is -0.438 e. The molecule has 0 aliphatic carbocycles. The molecule has 1 N–H and O–H groups in total. The monoisotopic (exact) mass is 355 g/mol. The molecule has 1 heterocycles. The first kappa shape index (κ1) is 15.3. The summed E-state index contributed by atoms with van der Waals surface area (Å²) >= 11 is 9.30. The molecule has 106 valence electrons. The zero-order valence-corrected chi connectivity index (χ0v) is 13.4. The van der Waals surface area contributed by atoms with Gasteiger partial charge in [0.2, 0.25) is 5.88 Å². The van der Waals surface area contributed by atoms with Gasteiger partial charge in [-0.15, -0.1) is 0 Å². The Labute approximate surface area is 131 Å². The highest BCUT2D eigenvalue weighted by atomic mass is 79.9. The number of aliphatic hydroxyl groups is 1. The number of rotatable bonds is 5. The molecule has 0 saturated carbocycles. The molecule has 0 spiro atoms. The molecule has 0 unspecified atom stereocenters. The number of hydrogen-bond donors (Lipinski definition) is 1. The van der Waals surface area contributed by atoms with Crippen LogP contribution in [0.4, 0.5) is 0 Å². The van der Waals surface area contributed by atoms with Gasteiger partial charge in [-0.3, -0.25) is 0 Å². The predicted octanol–water partition coefficient (Wildman–Crippen LogP) is 4.73. The van der Waals surface area contributed by atoms with Gasteiger partial charge < -0.3 is 9.84 Å². The number of hydrogen-bond acceptors (Lipinski definition) is 3. The first-order valence-corrected chi connectivity index (χ1v) is 7.53. The molecule has 0 radical (unpaired) electrons. The van der Waals surface area contributed by atoms with Crippen LogP contribution in [0.5, 0.6) is 11.6 Å². The van der Waals surface area contributed by atoms with Crippen molar-refractivity contribution in [3.63, 3.8) is 0 Å². The van der Waals surface area contributed by atoms with Gasteiger partial charge in [-0.25, -0.2) is 4.98 Å². The summed E-state index contributed by atoms with van der Waals surface area (Å²) in [6.07, 6.45) is 1.85. The average molecular weight is 357 g/mol. The first-order valence-electron chi connectivity index (χ1n) is 6.36. The second-order valence-electron chi connectivity index (χ2n) is 4.39. The lowest BCUT2D eigenvalue weighted by atomic mass is 10.2. The van der Waals surface area contributed by atoms with Gasteiger partial charge in [0.1, 0.15) is 5.75 Å². The highest BCUT2D eigenvalue weighted by Gasteiger charge is 2.07. The van der Waals surface area contributed by atoms with Crippen LogP contribution in [0.2, 0.25) is 5.02 Å². The van der Waals surface area contributed by atoms with Gasteiger partial charge in [-0.1, -0.05) is 24.9 Å². The number of ether oxygens (including phenoxy) is 1. The summed E-state index contributed by atoms with van der Waals surface area (Å²) in [4.78, 5) is 4.44. The molecule has 0 atom stereocenters. The van der Waals surface area contributed by atoms with E-state index in [1.54, 1.807) is 24.3 Å². The SMILES string of the molecule is CCCc1cc(CO)cc(Oc2ccc(Cl)cc2Br)n1. The molecule has 0 fully saturated rings. The lowest BCUT2D eigenvalue weighted by molar-refractivity contribution is 0.280. The molecule has 20 heavy (non-hydrogen) atoms. The van der Waals surface area contributed by atoms with E-state index in [0.717, 1.165) is 28.6 Å². The Morgan fingerprint density at radius 3 is 2.75 bits per heavy atom. The molecule has 1 aromatic carbocycles. The summed E-state index contributed by atoms with van der Waals surface area (Å²) in [7, 11) is 0. The van der Waals surface area contributed by atoms with Crippen LogP contribution in [0.1, 0.15) is 24.6 Å². The van der Waals surface area contributed by atoms with Crippen LogP contribution in [0.3, 0.4) is 0 Å². The van der Waals surface area contributed by atoms with E-state index in [-0.39, 0.29) is 6.61 Å². The first-order chi connectivity index (χ1) is 9.62. The Morgan fingerprint density at radius 1 is 1.30 bits per heavy atom. The lowest BCUT2D eigenvalue weighted by Gasteiger charge is -2.10. The Hall–Kier alpha value is -1.10. The Kier molecular flexibility index (Phi) is 5.40. The third-order valence-electron chi connectivity index (χ3n) is 2.71. The maximum absolute atomic E-state index is 9.30. The van der Waals surface area contributed by atoms with Crippen molar-refractivity contribution in [1.29, 1.82) is 0 Å². The Balaban J connectivity index is 2.29. The number of pyridine rings is 1. The van der Waals surface area contributed by atoms with Gasteiger partial charge in [0.25, 0.3) is 0 Å². The van der Waals surface area contributed by atoms with Gasteiger partial charge in [0.05, 0.1) is 11.1 Å². The predicted molar refractivity (Wildman–Crippen MR) is 83.4 cm³/mol. The van der Waals surface area contributed by atoms with Crippen LogP contribution >= 0.6 is 27.5 Å². The minimum absolute atomic E-state index is 0.0304. The molecule has 2 rings (SSSR count). The van der Waals surface area contributed by atoms with E-state index in [9.17, 15) is 5.11 Å². The van der Waals surface area contributed by atoms with E-state index in [1.165, 1.54) is 0 Å². The minimum atomic E-state index is -0.0304. The van der Waals surface area contributed by atoms with Crippen LogP contribution < -0.4 is 4.74 Å². The Morgan fingerprint density at radius 2 is 2.10 bits per heavy atom. The van der Waals surface area contributed by atoms with E-state index in [4.69, 9.17) is 16.3 Å². The fourth-order valence-corrected chi connectivity index (χ4v) is 2.58. The molecule has 0 bridgehead atoms. The summed E-state index contributed by atoms with van der Waals surface area (Å²) in [5, 5.41) is 9.93. The smallest absolute Gasteiger partial charge is 0.219 e. The van der Waals surface area contributed by atoms with E-state index >= 15 is 0 Å². The van der Waals surface area contributed by atoms with Crippen LogP contribution in [0, 0.1) is 0 Å². The zero-order valence-electron chi connectivity index (χ0n) is 11.1. The van der Waals surface area contributed by atoms with Gasteiger partial charge in [0, 0.05) is 16.8 Å². The van der Waals surface area contributed by atoms with Crippen molar-refractivity contribution in [2.75, 3.05) is 0 Å². The third kappa shape index (κ3) is 3.95. The molecule has 2 aromatic rings. The normalized spacial score (nSPS) is 10.6. The van der Waals surface area contributed by atoms with E-state index in [1.807, 2.05) is 6.07 Å². The molecule has 0 aliphatic heterocycles. The summed E-state index contributed by atoms with van der Waals surface area (Å²) < 4.78 is 6.53. The van der Waals surface area contributed by atoms with Crippen molar-refractivity contribution in [2.24, 2.45) is 0 Å². The summed E-state index contributed by atoms with van der Waals surface area (Å²) in [5.41, 5.74) is 1.71. The summed E-state index contributed by atoms with van der Waals surface area (Å²) in [6, 6.07) is 8.93. The van der Waals surface area contributed by atoms with Gasteiger partial charge in [-0.05, 0) is 52.2 Å². The van der Waals surface area contributed by atoms with Crippen LogP contribution in [0.15, 0.2) is 34.8 Å². The van der Waals surface area contributed by atoms with Crippen molar-refractivity contribution >= 4 is 27.5 Å². The zero-order chi connectivity index (χ0) is 14.5. The highest BCUT2D eigenvalue weighted by Crippen LogP contribution is 2.31. The maximum atomic E-state index is 9.30. The van der Waals surface area contributed by atoms with Crippen LogP contribution in [0.25, 0.3) is 0 Å². The van der Waals surface area contributed by atoms with Crippen molar-refractivity contribution in [2.45, 2.75) is 26.4 Å². The van der Waals surface area contributed by atoms with Crippen LogP contribution in [-0.2, 0) is 13.0 Å². The molecule has 0 amide bonds. The number of aryl methyl sites for hydroxylation is 1. The third-order valence-corrected chi connectivity index (χ3v) is 3.57. The standard InChI is InChI=1S/C15H15BrClNO2/c1-2-3-12-6-10(9-19)7-15(18-12)20-14-5-4-11(17)8-13(14)16/h4-8,19H,2-3,9H2,1H3. The number of aliphatic hydroxyl groups excluding tert-OH is 1. The molecule has 3 nitrogen and oxygen atoms in total. The van der Waals surface area contributed by atoms with Crippen molar-refractivity contribution in [3.8, 4) is 11.6 Å². The number of aromatic nitrogens is 1. The van der Waals surface area contributed by atoms with Crippen LogP contribution in [-0.4, -0.2) is 10.1 Å². The molecular weight excluding hydrogens is 342 g/mol. The Bertz CT molecular complexity index is 604. The van der Waals surface area contributed by atoms with E-state index < -0.39 is 0 Å². The second-order valence-corrected chi connectivity index (χ2v) is 5.68. The quantitative estimate of drug-likeness (QED) is 0.842. The summed E-state index contributed by atoms with van der Waals surface area (Å²) in [6.45, 7) is 2.06. The number of nitrogens with zero attached hydrogens (tertiary/aromatic N) is 1. The van der Waals surface area contributed by atoms with Gasteiger partial charge in [-0.2, -0.15) is 0 Å². The molecule has 0 saturated heterocycles. The average Bonchev–Trinajstić information content (AvgIpc) is 2.42.